The van der Waals surface area contributed by atoms with Crippen LogP contribution in [0.2, 0.25) is 0 Å². The van der Waals surface area contributed by atoms with Crippen LogP contribution in [0.3, 0.4) is 0 Å². The number of fused-ring (bicyclic) bond motifs is 1. The Morgan fingerprint density at radius 1 is 1.14 bits per heavy atom. The molecule has 0 bridgehead atoms. The first-order valence-corrected chi connectivity index (χ1v) is 14.5. The van der Waals surface area contributed by atoms with Crippen LogP contribution in [0, 0.1) is 11.3 Å². The third-order valence-electron chi connectivity index (χ3n) is 8.67. The zero-order valence-electron chi connectivity index (χ0n) is 23.7. The van der Waals surface area contributed by atoms with Crippen LogP contribution in [0.1, 0.15) is 43.4 Å². The van der Waals surface area contributed by atoms with E-state index in [1.807, 2.05) is 23.1 Å². The van der Waals surface area contributed by atoms with Crippen LogP contribution in [-0.2, 0) is 18.3 Å². The summed E-state index contributed by atoms with van der Waals surface area (Å²) in [7, 11) is 0. The summed E-state index contributed by atoms with van der Waals surface area (Å²) in [4.78, 5) is 18.0. The fraction of sp³-hybridized carbons (Fsp3) is 0.400. The van der Waals surface area contributed by atoms with Gasteiger partial charge in [-0.2, -0.15) is 28.6 Å². The second-order valence-corrected chi connectivity index (χ2v) is 11.5. The van der Waals surface area contributed by atoms with Gasteiger partial charge >= 0.3 is 6.18 Å². The van der Waals surface area contributed by atoms with Gasteiger partial charge < -0.3 is 9.72 Å². The van der Waals surface area contributed by atoms with Crippen molar-refractivity contribution in [1.29, 1.82) is 5.26 Å². The number of rotatable bonds is 8. The molecule has 0 spiro atoms. The lowest BCUT2D eigenvalue weighted by molar-refractivity contribution is -0.141. The summed E-state index contributed by atoms with van der Waals surface area (Å²) >= 11 is 0. The number of likely N-dealkylation sites (tertiary alicyclic amines) is 1. The number of piperidine rings is 1. The van der Waals surface area contributed by atoms with E-state index in [-0.39, 0.29) is 24.6 Å². The van der Waals surface area contributed by atoms with Crippen LogP contribution in [0.4, 0.5) is 13.2 Å². The van der Waals surface area contributed by atoms with Crippen molar-refractivity contribution < 1.29 is 17.9 Å². The number of alkyl halides is 3. The molecule has 44 heavy (non-hydrogen) atoms. The number of H-pyrrole nitrogens is 1. The summed E-state index contributed by atoms with van der Waals surface area (Å²) < 4.78 is 50.2. The Balaban J connectivity index is 0.994. The van der Waals surface area contributed by atoms with Gasteiger partial charge in [-0.1, -0.05) is 0 Å². The average molecular weight is 603 g/mol. The molecule has 2 aliphatic rings. The van der Waals surface area contributed by atoms with E-state index in [2.05, 4.69) is 41.1 Å². The molecular formula is C30H29F3N10O. The highest BCUT2D eigenvalue weighted by atomic mass is 19.4. The third kappa shape index (κ3) is 5.39. The van der Waals surface area contributed by atoms with Crippen LogP contribution in [-0.4, -0.2) is 69.6 Å². The van der Waals surface area contributed by atoms with Gasteiger partial charge in [0.2, 0.25) is 5.88 Å². The van der Waals surface area contributed by atoms with Crippen LogP contribution in [0.15, 0.2) is 61.6 Å². The Hall–Kier alpha value is -4.77. The van der Waals surface area contributed by atoms with E-state index in [0.717, 1.165) is 54.3 Å². The summed E-state index contributed by atoms with van der Waals surface area (Å²) in [5.74, 6) is -0.0211. The molecule has 0 radical (unpaired) electrons. The number of hydrogen-bond acceptors (Lipinski definition) is 8. The molecule has 0 atom stereocenters. The SMILES string of the molecule is N#CC[C@]1(n2cc(-c3ncnc4[nH]ccc34)cn2)C[C@@H](N2CCC(Oc3cc(Cn4cccn4)cc(C(F)(F)F)n3)CC2)C1. The topological polar surface area (TPSA) is 126 Å². The molecule has 5 aromatic rings. The van der Waals surface area contributed by atoms with Gasteiger partial charge in [-0.3, -0.25) is 14.3 Å². The number of aromatic nitrogens is 8. The average Bonchev–Trinajstić information content (AvgIpc) is 3.77. The van der Waals surface area contributed by atoms with Crippen molar-refractivity contribution in [1.82, 2.24) is 44.4 Å². The Labute approximate surface area is 250 Å². The van der Waals surface area contributed by atoms with Gasteiger partial charge in [-0.25, -0.2) is 15.0 Å². The van der Waals surface area contributed by atoms with Gasteiger partial charge in [0.15, 0.2) is 0 Å². The van der Waals surface area contributed by atoms with Gasteiger partial charge in [0.05, 0.1) is 36.5 Å². The second kappa shape index (κ2) is 11.1. The summed E-state index contributed by atoms with van der Waals surface area (Å²) in [5, 5.41) is 19.3. The van der Waals surface area contributed by atoms with Crippen molar-refractivity contribution in [2.75, 3.05) is 13.1 Å². The molecule has 7 rings (SSSR count). The standard InChI is InChI=1S/C30H29F3N10O/c31-30(32,33)25-12-20(17-42-9-1-7-38-42)13-26(40-25)44-23-3-10-41(11-4-23)22-14-29(15-22,5-6-34)43-18-21(16-39-43)27-24-2-8-35-28(24)37-19-36-27/h1-2,7-9,12-13,16,18-19,22-23H,3-5,10-11,14-15,17H2,(H,35,36,37)/t22-,29+. The molecule has 1 saturated heterocycles. The van der Waals surface area contributed by atoms with Gasteiger partial charge in [0.1, 0.15) is 23.8 Å². The lowest BCUT2D eigenvalue weighted by Crippen LogP contribution is -2.58. The maximum absolute atomic E-state index is 13.6. The van der Waals surface area contributed by atoms with E-state index < -0.39 is 17.4 Å². The number of ether oxygens (including phenoxy) is 1. The minimum absolute atomic E-state index is 0.0211. The highest BCUT2D eigenvalue weighted by Crippen LogP contribution is 2.45. The summed E-state index contributed by atoms with van der Waals surface area (Å²) in [5.41, 5.74) is 1.46. The van der Waals surface area contributed by atoms with Crippen molar-refractivity contribution in [3.05, 3.63) is 72.8 Å². The van der Waals surface area contributed by atoms with E-state index in [1.165, 1.54) is 6.33 Å². The number of hydrogen-bond donors (Lipinski definition) is 1. The largest absolute Gasteiger partial charge is 0.474 e. The fourth-order valence-corrected chi connectivity index (χ4v) is 6.41. The molecule has 0 unspecified atom stereocenters. The Morgan fingerprint density at radius 3 is 2.73 bits per heavy atom. The van der Waals surface area contributed by atoms with E-state index >= 15 is 0 Å². The number of aromatic amines is 1. The minimum Gasteiger partial charge on any atom is -0.474 e. The quantitative estimate of drug-likeness (QED) is 0.269. The summed E-state index contributed by atoms with van der Waals surface area (Å²) in [6.45, 7) is 1.68. The molecule has 6 heterocycles. The summed E-state index contributed by atoms with van der Waals surface area (Å²) in [6, 6.07) is 8.88. The highest BCUT2D eigenvalue weighted by molar-refractivity contribution is 5.90. The summed E-state index contributed by atoms with van der Waals surface area (Å²) in [6.07, 6.45) is 8.78. The minimum atomic E-state index is -4.58. The van der Waals surface area contributed by atoms with E-state index in [4.69, 9.17) is 4.74 Å². The van der Waals surface area contributed by atoms with Gasteiger partial charge in [-0.15, -0.1) is 0 Å². The van der Waals surface area contributed by atoms with E-state index in [1.54, 1.807) is 35.4 Å². The van der Waals surface area contributed by atoms with E-state index in [9.17, 15) is 18.4 Å². The molecule has 1 saturated carbocycles. The molecule has 11 nitrogen and oxygen atoms in total. The maximum atomic E-state index is 13.6. The van der Waals surface area contributed by atoms with Crippen LogP contribution < -0.4 is 4.74 Å². The lowest BCUT2D eigenvalue weighted by atomic mass is 9.69. The Bertz CT molecular complexity index is 1790. The first-order chi connectivity index (χ1) is 21.3. The van der Waals surface area contributed by atoms with Crippen LogP contribution in [0.5, 0.6) is 5.88 Å². The molecule has 0 aromatic carbocycles. The van der Waals surface area contributed by atoms with Crippen molar-refractivity contribution in [3.63, 3.8) is 0 Å². The first-order valence-electron chi connectivity index (χ1n) is 14.5. The molecule has 14 heteroatoms. The zero-order valence-corrected chi connectivity index (χ0v) is 23.7. The van der Waals surface area contributed by atoms with Crippen molar-refractivity contribution in [2.45, 2.75) is 62.5 Å². The zero-order chi connectivity index (χ0) is 30.3. The normalized spacial score (nSPS) is 21.3. The smallest absolute Gasteiger partial charge is 0.433 e. The predicted octanol–water partition coefficient (Wildman–Crippen LogP) is 4.79. The van der Waals surface area contributed by atoms with Crippen LogP contribution >= 0.6 is 0 Å². The van der Waals surface area contributed by atoms with E-state index in [0.29, 0.717) is 24.8 Å². The van der Waals surface area contributed by atoms with Crippen molar-refractivity contribution >= 4 is 11.0 Å². The van der Waals surface area contributed by atoms with Crippen molar-refractivity contribution in [3.8, 4) is 23.2 Å². The van der Waals surface area contributed by atoms with Gasteiger partial charge in [0, 0.05) is 60.9 Å². The molecular weight excluding hydrogens is 573 g/mol. The lowest BCUT2D eigenvalue weighted by Gasteiger charge is -2.52. The molecule has 5 aromatic heterocycles. The Morgan fingerprint density at radius 2 is 1.98 bits per heavy atom. The first kappa shape index (κ1) is 28.0. The van der Waals surface area contributed by atoms with Gasteiger partial charge in [0.25, 0.3) is 0 Å². The number of nitriles is 1. The predicted molar refractivity (Wildman–Crippen MR) is 152 cm³/mol. The molecule has 1 aliphatic carbocycles. The molecule has 0 amide bonds. The Kier molecular flexibility index (Phi) is 7.04. The third-order valence-corrected chi connectivity index (χ3v) is 8.67. The molecule has 226 valence electrons. The monoisotopic (exact) mass is 602 g/mol. The number of nitrogens with one attached hydrogen (secondary N) is 1. The second-order valence-electron chi connectivity index (χ2n) is 11.5. The van der Waals surface area contributed by atoms with Crippen LogP contribution in [0.25, 0.3) is 22.3 Å². The number of halogens is 3. The van der Waals surface area contributed by atoms with Gasteiger partial charge in [-0.05, 0) is 49.4 Å². The number of nitrogens with zero attached hydrogens (tertiary/aromatic N) is 9. The molecule has 1 aliphatic heterocycles. The number of pyridine rings is 1. The van der Waals surface area contributed by atoms with Crippen molar-refractivity contribution in [2.24, 2.45) is 0 Å². The fourth-order valence-electron chi connectivity index (χ4n) is 6.41. The maximum Gasteiger partial charge on any atom is 0.433 e. The molecule has 2 fully saturated rings. The highest BCUT2D eigenvalue weighted by Gasteiger charge is 2.49. The molecule has 1 N–H and O–H groups in total.